The summed E-state index contributed by atoms with van der Waals surface area (Å²) in [5, 5.41) is 21.1. The molecular weight excluding hydrogens is 466 g/mol. The molecule has 0 unspecified atom stereocenters. The lowest BCUT2D eigenvalue weighted by molar-refractivity contribution is -0.147. The van der Waals surface area contributed by atoms with Gasteiger partial charge in [0, 0.05) is 30.8 Å². The van der Waals surface area contributed by atoms with Gasteiger partial charge in [-0.15, -0.1) is 10.2 Å². The smallest absolute Gasteiger partial charge is 0.308 e. The number of benzene rings is 1. The van der Waals surface area contributed by atoms with Crippen LogP contribution in [0.1, 0.15) is 55.8 Å². The average molecular weight is 495 g/mol. The lowest BCUT2D eigenvalue weighted by Crippen LogP contribution is -2.73. The number of likely N-dealkylation sites (tertiary alicyclic amines) is 1. The van der Waals surface area contributed by atoms with E-state index < -0.39 is 34.7 Å². The summed E-state index contributed by atoms with van der Waals surface area (Å²) in [6.07, 6.45) is 3.13. The van der Waals surface area contributed by atoms with E-state index in [0.29, 0.717) is 25.9 Å². The Morgan fingerprint density at radius 1 is 1.26 bits per heavy atom. The zero-order valence-electron chi connectivity index (χ0n) is 19.1. The Bertz CT molecular complexity index is 1060. The molecule has 2 N–H and O–H groups in total. The van der Waals surface area contributed by atoms with Crippen LogP contribution in [0.5, 0.6) is 0 Å². The molecule has 1 saturated carbocycles. The van der Waals surface area contributed by atoms with Crippen molar-refractivity contribution in [3.63, 3.8) is 0 Å². The van der Waals surface area contributed by atoms with Crippen LogP contribution in [-0.2, 0) is 9.53 Å². The number of nitrogens with zero attached hydrogens (tertiary/aromatic N) is 3. The minimum atomic E-state index is -0.809. The third-order valence-electron chi connectivity index (χ3n) is 6.51. The minimum Gasteiger partial charge on any atom is -0.466 e. The Morgan fingerprint density at radius 2 is 1.97 bits per heavy atom. The first-order valence-electron chi connectivity index (χ1n) is 11.3. The Balaban J connectivity index is 1.45. The highest BCUT2D eigenvalue weighted by Gasteiger charge is 2.49. The molecule has 1 amide bonds. The second kappa shape index (κ2) is 9.63. The van der Waals surface area contributed by atoms with Crippen LogP contribution in [0.25, 0.3) is 10.6 Å². The second-order valence-electron chi connectivity index (χ2n) is 9.39. The van der Waals surface area contributed by atoms with Crippen molar-refractivity contribution >= 4 is 23.2 Å². The number of hydrogen-bond acceptors (Lipinski definition) is 8. The van der Waals surface area contributed by atoms with E-state index >= 15 is 0 Å². The zero-order chi connectivity index (χ0) is 24.5. The monoisotopic (exact) mass is 494 g/mol. The normalized spacial score (nSPS) is 24.3. The highest BCUT2D eigenvalue weighted by molar-refractivity contribution is 7.16. The number of ether oxygens (including phenoxy) is 1. The molecule has 1 saturated heterocycles. The molecule has 34 heavy (non-hydrogen) atoms. The molecule has 4 rings (SSSR count). The topological polar surface area (TPSA) is 105 Å². The van der Waals surface area contributed by atoms with Crippen LogP contribution in [0.2, 0.25) is 0 Å². The molecule has 8 nitrogen and oxygen atoms in total. The van der Waals surface area contributed by atoms with Crippen LogP contribution in [0.4, 0.5) is 8.78 Å². The van der Waals surface area contributed by atoms with E-state index in [1.807, 2.05) is 6.92 Å². The van der Waals surface area contributed by atoms with E-state index in [4.69, 9.17) is 4.74 Å². The number of carbonyl (C=O) groups excluding carboxylic acids is 2. The van der Waals surface area contributed by atoms with Crippen LogP contribution >= 0.6 is 11.3 Å². The second-order valence-corrected chi connectivity index (χ2v) is 10.4. The number of carbonyl (C=O) groups is 2. The number of halogens is 2. The largest absolute Gasteiger partial charge is 0.466 e. The van der Waals surface area contributed by atoms with Crippen molar-refractivity contribution in [2.75, 3.05) is 19.7 Å². The van der Waals surface area contributed by atoms with Crippen molar-refractivity contribution in [3.05, 3.63) is 34.8 Å². The van der Waals surface area contributed by atoms with Crippen molar-refractivity contribution in [2.24, 2.45) is 0 Å². The molecule has 2 fully saturated rings. The molecule has 2 heterocycles. The molecule has 2 aromatic rings. The van der Waals surface area contributed by atoms with Gasteiger partial charge >= 0.3 is 5.97 Å². The number of esters is 1. The maximum atomic E-state index is 14.1. The maximum absolute atomic E-state index is 14.1. The van der Waals surface area contributed by atoms with Gasteiger partial charge in [0.15, 0.2) is 5.01 Å². The number of amides is 1. The number of nitrogens with one attached hydrogen (secondary N) is 1. The Hall–Kier alpha value is -2.50. The Kier molecular flexibility index (Phi) is 6.97. The van der Waals surface area contributed by atoms with E-state index in [1.165, 1.54) is 6.07 Å². The van der Waals surface area contributed by atoms with E-state index in [-0.39, 0.29) is 34.6 Å². The van der Waals surface area contributed by atoms with Crippen LogP contribution in [0, 0.1) is 11.6 Å². The minimum absolute atomic E-state index is 0.0196. The summed E-state index contributed by atoms with van der Waals surface area (Å²) < 4.78 is 32.4. The van der Waals surface area contributed by atoms with Crippen LogP contribution in [0.15, 0.2) is 18.2 Å². The Morgan fingerprint density at radius 3 is 2.62 bits per heavy atom. The highest BCUT2D eigenvalue weighted by atomic mass is 32.1. The molecule has 11 heteroatoms. The van der Waals surface area contributed by atoms with Gasteiger partial charge in [0.2, 0.25) is 5.01 Å². The number of aliphatic hydroxyl groups is 1. The molecule has 2 aliphatic rings. The third-order valence-corrected chi connectivity index (χ3v) is 7.46. The average Bonchev–Trinajstić information content (AvgIpc) is 3.22. The SMILES string of the molecule is CCOC(=O)CC1(NC(=O)c2nnc(-c3ccc(F)cc3F)s2)CN(C2CCC(C)(O)CC2)C1. The van der Waals surface area contributed by atoms with Crippen molar-refractivity contribution in [1.29, 1.82) is 0 Å². The van der Waals surface area contributed by atoms with Gasteiger partial charge in [-0.2, -0.15) is 0 Å². The quantitative estimate of drug-likeness (QED) is 0.571. The van der Waals surface area contributed by atoms with Gasteiger partial charge in [0.1, 0.15) is 11.6 Å². The summed E-state index contributed by atoms with van der Waals surface area (Å²) in [4.78, 5) is 27.5. The summed E-state index contributed by atoms with van der Waals surface area (Å²) >= 11 is 0.893. The molecule has 0 bridgehead atoms. The molecule has 1 aromatic heterocycles. The van der Waals surface area contributed by atoms with Gasteiger partial charge < -0.3 is 15.2 Å². The fourth-order valence-corrected chi connectivity index (χ4v) is 5.45. The van der Waals surface area contributed by atoms with Gasteiger partial charge in [-0.05, 0) is 51.7 Å². The summed E-state index contributed by atoms with van der Waals surface area (Å²) in [6.45, 7) is 4.76. The van der Waals surface area contributed by atoms with Crippen molar-refractivity contribution in [2.45, 2.75) is 63.1 Å². The molecule has 0 radical (unpaired) electrons. The van der Waals surface area contributed by atoms with Gasteiger partial charge in [-0.1, -0.05) is 11.3 Å². The summed E-state index contributed by atoms with van der Waals surface area (Å²) in [5.74, 6) is -2.41. The fourth-order valence-electron chi connectivity index (χ4n) is 4.68. The highest BCUT2D eigenvalue weighted by Crippen LogP contribution is 2.36. The predicted octanol–water partition coefficient (Wildman–Crippen LogP) is 2.91. The van der Waals surface area contributed by atoms with Gasteiger partial charge in [-0.25, -0.2) is 8.78 Å². The molecular formula is C23H28F2N4O4S. The van der Waals surface area contributed by atoms with Gasteiger partial charge in [-0.3, -0.25) is 14.5 Å². The van der Waals surface area contributed by atoms with Crippen molar-refractivity contribution in [1.82, 2.24) is 20.4 Å². The predicted molar refractivity (Wildman–Crippen MR) is 121 cm³/mol. The summed E-state index contributed by atoms with van der Waals surface area (Å²) in [6, 6.07) is 3.39. The van der Waals surface area contributed by atoms with Gasteiger partial charge in [0.05, 0.1) is 24.2 Å². The zero-order valence-corrected chi connectivity index (χ0v) is 20.0. The lowest BCUT2D eigenvalue weighted by atomic mass is 9.78. The van der Waals surface area contributed by atoms with Crippen LogP contribution in [-0.4, -0.2) is 69.0 Å². The molecule has 1 aromatic carbocycles. The van der Waals surface area contributed by atoms with Crippen molar-refractivity contribution in [3.8, 4) is 10.6 Å². The summed E-state index contributed by atoms with van der Waals surface area (Å²) in [5.41, 5.74) is -1.39. The molecule has 1 aliphatic carbocycles. The fraction of sp³-hybridized carbons (Fsp3) is 0.565. The first kappa shape index (κ1) is 24.6. The molecule has 184 valence electrons. The van der Waals surface area contributed by atoms with E-state index in [9.17, 15) is 23.5 Å². The lowest BCUT2D eigenvalue weighted by Gasteiger charge is -2.54. The van der Waals surface area contributed by atoms with Gasteiger partial charge in [0.25, 0.3) is 5.91 Å². The van der Waals surface area contributed by atoms with Crippen LogP contribution in [0.3, 0.4) is 0 Å². The maximum Gasteiger partial charge on any atom is 0.308 e. The molecule has 0 spiro atoms. The number of rotatable bonds is 7. The molecule has 0 atom stereocenters. The van der Waals surface area contributed by atoms with E-state index in [0.717, 1.165) is 36.3 Å². The standard InChI is InChI=1S/C23H28F2N4O4S/c1-3-33-18(30)11-23(12-29(13-23)15-6-8-22(2,32)9-7-15)26-19(31)21-28-27-20(34-21)16-5-4-14(24)10-17(16)25/h4-5,10,15,32H,3,6-9,11-13H2,1-2H3,(H,26,31). The molecule has 1 aliphatic heterocycles. The summed E-state index contributed by atoms with van der Waals surface area (Å²) in [7, 11) is 0. The first-order chi connectivity index (χ1) is 16.1. The number of hydrogen-bond donors (Lipinski definition) is 2. The van der Waals surface area contributed by atoms with E-state index in [2.05, 4.69) is 20.4 Å². The Labute approximate surface area is 200 Å². The van der Waals surface area contributed by atoms with Crippen molar-refractivity contribution < 1.29 is 28.2 Å². The number of aromatic nitrogens is 2. The van der Waals surface area contributed by atoms with E-state index in [1.54, 1.807) is 6.92 Å². The van der Waals surface area contributed by atoms with Crippen LogP contribution < -0.4 is 5.32 Å². The first-order valence-corrected chi connectivity index (χ1v) is 12.1. The third kappa shape index (κ3) is 5.42.